The van der Waals surface area contributed by atoms with E-state index in [0.717, 1.165) is 31.7 Å². The summed E-state index contributed by atoms with van der Waals surface area (Å²) in [5.41, 5.74) is 3.37. The minimum atomic E-state index is -0.378. The normalized spacial score (nSPS) is 12.4. The van der Waals surface area contributed by atoms with Gasteiger partial charge < -0.3 is 20.7 Å². The highest BCUT2D eigenvalue weighted by molar-refractivity contribution is 14.0. The first-order valence-corrected chi connectivity index (χ1v) is 9.80. The van der Waals surface area contributed by atoms with Gasteiger partial charge in [-0.05, 0) is 48.2 Å². The number of benzene rings is 2. The Morgan fingerprint density at radius 1 is 1.10 bits per heavy atom. The lowest BCUT2D eigenvalue weighted by molar-refractivity contribution is 0.0954. The summed E-state index contributed by atoms with van der Waals surface area (Å²) in [4.78, 5) is 16.3. The maximum Gasteiger partial charge on any atom is 0.251 e. The van der Waals surface area contributed by atoms with Gasteiger partial charge in [0.05, 0.1) is 6.61 Å². The number of halogens is 2. The van der Waals surface area contributed by atoms with Crippen molar-refractivity contribution in [2.75, 3.05) is 33.3 Å². The number of aryl methyl sites for hydroxylation is 1. The summed E-state index contributed by atoms with van der Waals surface area (Å²) in [6.07, 6.45) is 1.85. The summed E-state index contributed by atoms with van der Waals surface area (Å²) >= 11 is 0. The molecular weight excluding hydrogens is 498 g/mol. The van der Waals surface area contributed by atoms with Crippen molar-refractivity contribution in [2.45, 2.75) is 19.8 Å². The van der Waals surface area contributed by atoms with Gasteiger partial charge in [0.1, 0.15) is 11.6 Å². The van der Waals surface area contributed by atoms with Crippen LogP contribution < -0.4 is 20.7 Å². The van der Waals surface area contributed by atoms with Gasteiger partial charge in [0.2, 0.25) is 0 Å². The third-order valence-corrected chi connectivity index (χ3v) is 4.82. The number of hydrogen-bond acceptors (Lipinski definition) is 3. The van der Waals surface area contributed by atoms with Crippen LogP contribution in [0.2, 0.25) is 0 Å². The molecule has 3 N–H and O–H groups in total. The average Bonchev–Trinajstić information content (AvgIpc) is 3.19. The van der Waals surface area contributed by atoms with E-state index in [9.17, 15) is 9.18 Å². The molecule has 0 radical (unpaired) electrons. The Morgan fingerprint density at radius 2 is 1.87 bits per heavy atom. The van der Waals surface area contributed by atoms with Crippen LogP contribution in [-0.4, -0.2) is 45.2 Å². The van der Waals surface area contributed by atoms with Crippen LogP contribution in [0.15, 0.2) is 41.4 Å². The smallest absolute Gasteiger partial charge is 0.251 e. The fraction of sp³-hybridized carbons (Fsp3) is 0.364. The fourth-order valence-corrected chi connectivity index (χ4v) is 3.13. The molecule has 2 aromatic carbocycles. The minimum Gasteiger partial charge on any atom is -0.493 e. The van der Waals surface area contributed by atoms with Gasteiger partial charge in [0.25, 0.3) is 5.91 Å². The molecule has 0 saturated heterocycles. The highest BCUT2D eigenvalue weighted by atomic mass is 127. The van der Waals surface area contributed by atoms with Gasteiger partial charge in [-0.15, -0.1) is 24.0 Å². The van der Waals surface area contributed by atoms with Gasteiger partial charge >= 0.3 is 0 Å². The lowest BCUT2D eigenvalue weighted by Crippen LogP contribution is -2.42. The third kappa shape index (κ3) is 6.58. The summed E-state index contributed by atoms with van der Waals surface area (Å²) in [5, 5.41) is 9.19. The molecule has 8 heteroatoms. The molecule has 1 aliphatic rings. The summed E-state index contributed by atoms with van der Waals surface area (Å²) in [6.45, 7) is 4.09. The van der Waals surface area contributed by atoms with E-state index in [0.29, 0.717) is 30.2 Å². The van der Waals surface area contributed by atoms with Gasteiger partial charge in [-0.3, -0.25) is 9.79 Å². The van der Waals surface area contributed by atoms with Gasteiger partial charge in [-0.1, -0.05) is 18.2 Å². The van der Waals surface area contributed by atoms with Crippen LogP contribution in [0.25, 0.3) is 0 Å². The topological polar surface area (TPSA) is 74.8 Å². The molecule has 1 heterocycles. The van der Waals surface area contributed by atoms with Crippen molar-refractivity contribution in [1.29, 1.82) is 0 Å². The molecule has 0 aromatic heterocycles. The number of ether oxygens (including phenoxy) is 1. The molecule has 0 unspecified atom stereocenters. The highest BCUT2D eigenvalue weighted by Crippen LogP contribution is 2.25. The zero-order valence-corrected chi connectivity index (χ0v) is 19.6. The van der Waals surface area contributed by atoms with E-state index in [1.165, 1.54) is 17.2 Å². The summed E-state index contributed by atoms with van der Waals surface area (Å²) in [5.74, 6) is 0.991. The standard InChI is InChI=1S/C22H27FN4O2.HI/c1-15-3-5-18(14-19(15)23)21(28)25-10-11-27-22(24-2)26-9-7-16-4-6-20-17(13-16)8-12-29-20;/h3-6,13-14H,7-12H2,1-2H3,(H,25,28)(H2,24,26,27);1H. The Morgan fingerprint density at radius 3 is 2.63 bits per heavy atom. The number of nitrogens with one attached hydrogen (secondary N) is 3. The lowest BCUT2D eigenvalue weighted by atomic mass is 10.1. The number of amides is 1. The summed E-state index contributed by atoms with van der Waals surface area (Å²) in [7, 11) is 1.70. The van der Waals surface area contributed by atoms with Crippen molar-refractivity contribution in [1.82, 2.24) is 16.0 Å². The first-order chi connectivity index (χ1) is 14.1. The van der Waals surface area contributed by atoms with Gasteiger partial charge in [-0.25, -0.2) is 4.39 Å². The number of hydrogen-bond donors (Lipinski definition) is 3. The fourth-order valence-electron chi connectivity index (χ4n) is 3.13. The van der Waals surface area contributed by atoms with Crippen molar-refractivity contribution in [3.8, 4) is 5.75 Å². The first-order valence-electron chi connectivity index (χ1n) is 9.80. The van der Waals surface area contributed by atoms with Crippen LogP contribution in [-0.2, 0) is 12.8 Å². The van der Waals surface area contributed by atoms with E-state index >= 15 is 0 Å². The average molecular weight is 526 g/mol. The molecule has 6 nitrogen and oxygen atoms in total. The number of carbonyl (C=O) groups is 1. The van der Waals surface area contributed by atoms with Gasteiger partial charge in [-0.2, -0.15) is 0 Å². The maximum atomic E-state index is 13.6. The van der Waals surface area contributed by atoms with Crippen LogP contribution in [0, 0.1) is 12.7 Å². The predicted octanol–water partition coefficient (Wildman–Crippen LogP) is 2.82. The third-order valence-electron chi connectivity index (χ3n) is 4.82. The van der Waals surface area contributed by atoms with E-state index in [1.54, 1.807) is 26.1 Å². The highest BCUT2D eigenvalue weighted by Gasteiger charge is 2.12. The van der Waals surface area contributed by atoms with Crippen molar-refractivity contribution in [2.24, 2.45) is 4.99 Å². The van der Waals surface area contributed by atoms with Crippen molar-refractivity contribution in [3.63, 3.8) is 0 Å². The molecule has 0 atom stereocenters. The lowest BCUT2D eigenvalue weighted by Gasteiger charge is -2.13. The molecule has 1 aliphatic heterocycles. The van der Waals surface area contributed by atoms with Crippen LogP contribution in [0.4, 0.5) is 4.39 Å². The number of fused-ring (bicyclic) bond motifs is 1. The molecule has 30 heavy (non-hydrogen) atoms. The van der Waals surface area contributed by atoms with Crippen LogP contribution in [0.3, 0.4) is 0 Å². The monoisotopic (exact) mass is 526 g/mol. The second-order valence-electron chi connectivity index (χ2n) is 6.94. The number of rotatable bonds is 7. The molecule has 0 bridgehead atoms. The zero-order chi connectivity index (χ0) is 20.6. The molecule has 3 rings (SSSR count). The second kappa shape index (κ2) is 11.7. The molecule has 2 aromatic rings. The van der Waals surface area contributed by atoms with E-state index in [4.69, 9.17) is 4.74 Å². The van der Waals surface area contributed by atoms with E-state index in [-0.39, 0.29) is 35.7 Å². The number of nitrogens with zero attached hydrogens (tertiary/aromatic N) is 1. The Balaban J connectivity index is 0.00000320. The Kier molecular flexibility index (Phi) is 9.35. The molecule has 0 aliphatic carbocycles. The number of carbonyl (C=O) groups excluding carboxylic acids is 1. The molecule has 0 spiro atoms. The zero-order valence-electron chi connectivity index (χ0n) is 17.3. The first kappa shape index (κ1) is 23.9. The molecule has 0 fully saturated rings. The summed E-state index contributed by atoms with van der Waals surface area (Å²) in [6, 6.07) is 10.8. The van der Waals surface area contributed by atoms with E-state index < -0.39 is 0 Å². The van der Waals surface area contributed by atoms with Crippen molar-refractivity contribution >= 4 is 35.8 Å². The quantitative estimate of drug-likeness (QED) is 0.225. The van der Waals surface area contributed by atoms with E-state index in [2.05, 4.69) is 33.1 Å². The summed E-state index contributed by atoms with van der Waals surface area (Å²) < 4.78 is 19.1. The van der Waals surface area contributed by atoms with Crippen molar-refractivity contribution in [3.05, 3.63) is 64.5 Å². The van der Waals surface area contributed by atoms with Crippen LogP contribution in [0.5, 0.6) is 5.75 Å². The van der Waals surface area contributed by atoms with Crippen molar-refractivity contribution < 1.29 is 13.9 Å². The van der Waals surface area contributed by atoms with Crippen LogP contribution in [0.1, 0.15) is 27.0 Å². The van der Waals surface area contributed by atoms with Crippen LogP contribution >= 0.6 is 24.0 Å². The molecule has 162 valence electrons. The Labute approximate surface area is 193 Å². The van der Waals surface area contributed by atoms with Gasteiger partial charge in [0, 0.05) is 38.7 Å². The van der Waals surface area contributed by atoms with E-state index in [1.807, 2.05) is 6.07 Å². The largest absolute Gasteiger partial charge is 0.493 e. The number of guanidine groups is 1. The minimum absolute atomic E-state index is 0. The molecular formula is C22H28FIN4O2. The molecule has 0 saturated carbocycles. The predicted molar refractivity (Wildman–Crippen MR) is 128 cm³/mol. The SMILES string of the molecule is CN=C(NCCNC(=O)c1ccc(C)c(F)c1)NCCc1ccc2c(c1)CCO2.I. The van der Waals surface area contributed by atoms with Gasteiger partial charge in [0.15, 0.2) is 5.96 Å². The Bertz CT molecular complexity index is 905. The maximum absolute atomic E-state index is 13.6. The molecule has 1 amide bonds. The second-order valence-corrected chi connectivity index (χ2v) is 6.94. The Hall–Kier alpha value is -2.36. The number of aliphatic imine (C=N–C) groups is 1.